The molecular formula is C18H19N3O6S. The summed E-state index contributed by atoms with van der Waals surface area (Å²) in [7, 11) is 0.198. The average molecular weight is 405 g/mol. The zero-order chi connectivity index (χ0) is 20.1. The van der Waals surface area contributed by atoms with E-state index in [0.29, 0.717) is 12.2 Å². The van der Waals surface area contributed by atoms with Crippen LogP contribution < -0.4 is 14.2 Å². The third-order valence-corrected chi connectivity index (χ3v) is 5.23. The third-order valence-electron chi connectivity index (χ3n) is 3.85. The highest BCUT2D eigenvalue weighted by Gasteiger charge is 2.27. The number of benzene rings is 2. The molecular weight excluding hydrogens is 386 g/mol. The first-order valence-corrected chi connectivity index (χ1v) is 9.63. The Morgan fingerprint density at radius 1 is 0.964 bits per heavy atom. The molecule has 0 aliphatic carbocycles. The van der Waals surface area contributed by atoms with Crippen LogP contribution in [0.3, 0.4) is 0 Å². The van der Waals surface area contributed by atoms with Crippen LogP contribution in [-0.2, 0) is 21.4 Å². The summed E-state index contributed by atoms with van der Waals surface area (Å²) in [4.78, 5) is -0.167. The van der Waals surface area contributed by atoms with Gasteiger partial charge < -0.3 is 18.6 Å². The van der Waals surface area contributed by atoms with Gasteiger partial charge in [-0.3, -0.25) is 0 Å². The zero-order valence-electron chi connectivity index (χ0n) is 15.5. The van der Waals surface area contributed by atoms with Gasteiger partial charge in [0.1, 0.15) is 11.5 Å². The van der Waals surface area contributed by atoms with Gasteiger partial charge in [0.05, 0.1) is 20.8 Å². The van der Waals surface area contributed by atoms with Crippen LogP contribution in [0.15, 0.2) is 51.8 Å². The summed E-state index contributed by atoms with van der Waals surface area (Å²) in [5.41, 5.74) is 1.48. The molecule has 0 saturated carbocycles. The fourth-order valence-electron chi connectivity index (χ4n) is 2.63. The van der Waals surface area contributed by atoms with E-state index in [9.17, 15) is 8.42 Å². The van der Waals surface area contributed by atoms with Crippen molar-refractivity contribution in [1.82, 2.24) is 10.2 Å². The number of nitrogens with one attached hydrogen (secondary N) is 1. The Kier molecular flexibility index (Phi) is 5.81. The van der Waals surface area contributed by atoms with Crippen LogP contribution in [0, 0.1) is 0 Å². The summed E-state index contributed by atoms with van der Waals surface area (Å²) in [5.74, 6) is 0.409. The maximum absolute atomic E-state index is 12.9. The molecule has 28 heavy (non-hydrogen) atoms. The SMILES string of the molecule is COCc1ccccc1-c1nnc(NS(=O)(=O)c2c(OC)cccc2OC)o1. The smallest absolute Gasteiger partial charge is 0.330 e. The minimum atomic E-state index is -4.11. The first-order chi connectivity index (χ1) is 13.5. The Morgan fingerprint density at radius 2 is 1.64 bits per heavy atom. The number of nitrogens with zero attached hydrogens (tertiary/aromatic N) is 2. The molecule has 1 N–H and O–H groups in total. The molecule has 2 aromatic carbocycles. The standard InChI is InChI=1S/C18H19N3O6S/c1-24-11-12-7-4-5-8-13(12)17-19-20-18(27-17)21-28(22,23)16-14(25-2)9-6-10-15(16)26-3/h4-10H,11H2,1-3H3,(H,20,21). The molecule has 9 nitrogen and oxygen atoms in total. The van der Waals surface area contributed by atoms with Crippen molar-refractivity contribution in [3.8, 4) is 23.0 Å². The van der Waals surface area contributed by atoms with E-state index in [4.69, 9.17) is 18.6 Å². The van der Waals surface area contributed by atoms with Crippen LogP contribution in [0.25, 0.3) is 11.5 Å². The molecule has 0 atom stereocenters. The van der Waals surface area contributed by atoms with E-state index in [2.05, 4.69) is 14.9 Å². The van der Waals surface area contributed by atoms with Crippen LogP contribution in [0.4, 0.5) is 6.01 Å². The van der Waals surface area contributed by atoms with Gasteiger partial charge in [0.2, 0.25) is 5.89 Å². The van der Waals surface area contributed by atoms with Crippen molar-refractivity contribution in [2.24, 2.45) is 0 Å². The lowest BCUT2D eigenvalue weighted by molar-refractivity contribution is 0.185. The molecule has 3 aromatic rings. The number of aromatic nitrogens is 2. The fraction of sp³-hybridized carbons (Fsp3) is 0.222. The average Bonchev–Trinajstić information content (AvgIpc) is 3.15. The van der Waals surface area contributed by atoms with Gasteiger partial charge in [0.15, 0.2) is 4.90 Å². The van der Waals surface area contributed by atoms with Crippen LogP contribution in [0.1, 0.15) is 5.56 Å². The van der Waals surface area contributed by atoms with Gasteiger partial charge in [0.25, 0.3) is 10.0 Å². The van der Waals surface area contributed by atoms with Crippen molar-refractivity contribution in [3.63, 3.8) is 0 Å². The number of anilines is 1. The third kappa shape index (κ3) is 3.92. The van der Waals surface area contributed by atoms with Crippen LogP contribution in [0.2, 0.25) is 0 Å². The molecule has 0 fully saturated rings. The second-order valence-corrected chi connectivity index (χ2v) is 7.22. The molecule has 1 heterocycles. The molecule has 0 aliphatic rings. The molecule has 0 amide bonds. The largest absolute Gasteiger partial charge is 0.495 e. The normalized spacial score (nSPS) is 11.2. The summed E-state index contributed by atoms with van der Waals surface area (Å²) in [6.07, 6.45) is 0. The first kappa shape index (κ1) is 19.6. The minimum absolute atomic E-state index is 0.122. The van der Waals surface area contributed by atoms with Gasteiger partial charge >= 0.3 is 6.01 Å². The lowest BCUT2D eigenvalue weighted by Crippen LogP contribution is -2.15. The minimum Gasteiger partial charge on any atom is -0.495 e. The molecule has 0 radical (unpaired) electrons. The van der Waals surface area contributed by atoms with Crippen molar-refractivity contribution in [3.05, 3.63) is 48.0 Å². The molecule has 0 aliphatic heterocycles. The van der Waals surface area contributed by atoms with Crippen molar-refractivity contribution >= 4 is 16.0 Å². The molecule has 0 saturated heterocycles. The van der Waals surface area contributed by atoms with E-state index >= 15 is 0 Å². The number of methoxy groups -OCH3 is 3. The number of hydrogen-bond donors (Lipinski definition) is 1. The van der Waals surface area contributed by atoms with E-state index < -0.39 is 10.0 Å². The Hall–Kier alpha value is -3.11. The van der Waals surface area contributed by atoms with Crippen molar-refractivity contribution in [2.45, 2.75) is 11.5 Å². The Labute approximate surface area is 162 Å². The van der Waals surface area contributed by atoms with Crippen molar-refractivity contribution in [2.75, 3.05) is 26.1 Å². The molecule has 10 heteroatoms. The first-order valence-electron chi connectivity index (χ1n) is 8.14. The molecule has 0 bridgehead atoms. The van der Waals surface area contributed by atoms with Crippen LogP contribution >= 0.6 is 0 Å². The fourth-order valence-corrected chi connectivity index (χ4v) is 3.88. The van der Waals surface area contributed by atoms with Gasteiger partial charge in [-0.25, -0.2) is 13.1 Å². The van der Waals surface area contributed by atoms with Crippen molar-refractivity contribution < 1.29 is 27.0 Å². The number of hydrogen-bond acceptors (Lipinski definition) is 8. The zero-order valence-corrected chi connectivity index (χ0v) is 16.3. The predicted molar refractivity (Wildman–Crippen MR) is 101 cm³/mol. The predicted octanol–water partition coefficient (Wildman–Crippen LogP) is 2.70. The number of ether oxygens (including phenoxy) is 3. The Balaban J connectivity index is 1.94. The van der Waals surface area contributed by atoms with Gasteiger partial charge in [-0.15, -0.1) is 5.10 Å². The highest BCUT2D eigenvalue weighted by atomic mass is 32.2. The molecule has 1 aromatic heterocycles. The summed E-state index contributed by atoms with van der Waals surface area (Å²) >= 11 is 0. The Bertz CT molecular complexity index is 1040. The second kappa shape index (κ2) is 8.28. The molecule has 0 unspecified atom stereocenters. The highest BCUT2D eigenvalue weighted by Crippen LogP contribution is 2.34. The van der Waals surface area contributed by atoms with E-state index in [1.165, 1.54) is 26.4 Å². The number of sulfonamides is 1. The summed E-state index contributed by atoms with van der Waals surface area (Å²) in [6, 6.07) is 11.7. The van der Waals surface area contributed by atoms with Crippen molar-refractivity contribution in [1.29, 1.82) is 0 Å². The summed E-state index contributed by atoms with van der Waals surface area (Å²) < 4.78 is 48.9. The highest BCUT2D eigenvalue weighted by molar-refractivity contribution is 7.93. The lowest BCUT2D eigenvalue weighted by atomic mass is 10.1. The van der Waals surface area contributed by atoms with Gasteiger partial charge in [0, 0.05) is 12.7 Å². The number of rotatable bonds is 8. The van der Waals surface area contributed by atoms with Gasteiger partial charge in [-0.05, 0) is 23.8 Å². The molecule has 148 valence electrons. The lowest BCUT2D eigenvalue weighted by Gasteiger charge is -2.12. The quantitative estimate of drug-likeness (QED) is 0.609. The van der Waals surface area contributed by atoms with Gasteiger partial charge in [-0.1, -0.05) is 29.4 Å². The van der Waals surface area contributed by atoms with E-state index in [1.54, 1.807) is 19.2 Å². The van der Waals surface area contributed by atoms with E-state index in [1.807, 2.05) is 18.2 Å². The summed E-state index contributed by atoms with van der Waals surface area (Å²) in [5, 5.41) is 7.72. The van der Waals surface area contributed by atoms with Gasteiger partial charge in [-0.2, -0.15) is 0 Å². The van der Waals surface area contributed by atoms with Crippen LogP contribution in [-0.4, -0.2) is 39.9 Å². The summed E-state index contributed by atoms with van der Waals surface area (Å²) in [6.45, 7) is 0.345. The second-order valence-electron chi connectivity index (χ2n) is 5.60. The Morgan fingerprint density at radius 3 is 2.29 bits per heavy atom. The maximum atomic E-state index is 12.9. The van der Waals surface area contributed by atoms with E-state index in [-0.39, 0.29) is 28.3 Å². The van der Waals surface area contributed by atoms with Crippen LogP contribution in [0.5, 0.6) is 11.5 Å². The van der Waals surface area contributed by atoms with E-state index in [0.717, 1.165) is 5.56 Å². The molecule has 3 rings (SSSR count). The topological polar surface area (TPSA) is 113 Å². The maximum Gasteiger partial charge on any atom is 0.330 e. The monoisotopic (exact) mass is 405 g/mol. The molecule has 0 spiro atoms.